The van der Waals surface area contributed by atoms with Gasteiger partial charge in [0, 0.05) is 5.56 Å². The highest BCUT2D eigenvalue weighted by Gasteiger charge is 2.31. The second-order valence-electron chi connectivity index (χ2n) is 6.79. The van der Waals surface area contributed by atoms with Crippen molar-refractivity contribution >= 4 is 22.9 Å². The summed E-state index contributed by atoms with van der Waals surface area (Å²) in [5.74, 6) is -0.703. The zero-order valence-electron chi connectivity index (χ0n) is 17.2. The van der Waals surface area contributed by atoms with Gasteiger partial charge in [0.25, 0.3) is 5.91 Å². The Morgan fingerprint density at radius 3 is 2.20 bits per heavy atom. The van der Waals surface area contributed by atoms with Gasteiger partial charge in [-0.25, -0.2) is 14.8 Å². The fourth-order valence-corrected chi connectivity index (χ4v) is 2.98. The third-order valence-corrected chi connectivity index (χ3v) is 4.85. The van der Waals surface area contributed by atoms with Crippen LogP contribution in [0.5, 0.6) is 5.75 Å². The highest BCUT2D eigenvalue weighted by atomic mass is 16.5. The molecule has 0 radical (unpaired) electrons. The van der Waals surface area contributed by atoms with Crippen LogP contribution in [0, 0.1) is 13.8 Å². The number of ether oxygens (including phenoxy) is 2. The molecule has 0 aliphatic heterocycles. The van der Waals surface area contributed by atoms with Gasteiger partial charge in [0.1, 0.15) is 11.9 Å². The molecule has 0 aliphatic rings. The van der Waals surface area contributed by atoms with E-state index in [2.05, 4.69) is 15.3 Å². The maximum absolute atomic E-state index is 12.8. The van der Waals surface area contributed by atoms with Crippen LogP contribution >= 0.6 is 0 Å². The standard InChI is InChI=1S/C22H23N3O5/c1-12-13(2)24-18-11-15(7-10-17(18)23-12)21(27)25-19(22(28)30-4)20(26)14-5-8-16(29-3)9-6-14/h5-11,19-20,26H,1-4H3,(H,25,27). The topological polar surface area (TPSA) is 111 Å². The van der Waals surface area contributed by atoms with Crippen LogP contribution in [0.1, 0.15) is 33.4 Å². The van der Waals surface area contributed by atoms with E-state index >= 15 is 0 Å². The molecule has 1 aromatic heterocycles. The molecule has 0 spiro atoms. The second kappa shape index (κ2) is 8.87. The molecule has 156 valence electrons. The number of carbonyl (C=O) groups excluding carboxylic acids is 2. The number of hydrogen-bond donors (Lipinski definition) is 2. The molecule has 3 aromatic rings. The predicted octanol–water partition coefficient (Wildman–Crippen LogP) is 2.26. The van der Waals surface area contributed by atoms with Crippen molar-refractivity contribution < 1.29 is 24.2 Å². The number of hydrogen-bond acceptors (Lipinski definition) is 7. The summed E-state index contributed by atoms with van der Waals surface area (Å²) in [7, 11) is 2.72. The number of esters is 1. The number of nitrogens with one attached hydrogen (secondary N) is 1. The summed E-state index contributed by atoms with van der Waals surface area (Å²) in [4.78, 5) is 34.0. The van der Waals surface area contributed by atoms with Crippen molar-refractivity contribution in [2.45, 2.75) is 26.0 Å². The molecule has 2 aromatic carbocycles. The van der Waals surface area contributed by atoms with Gasteiger partial charge in [-0.15, -0.1) is 0 Å². The predicted molar refractivity (Wildman–Crippen MR) is 110 cm³/mol. The Bertz CT molecular complexity index is 1080. The molecule has 2 unspecified atom stereocenters. The molecule has 0 fully saturated rings. The number of nitrogens with zero attached hydrogens (tertiary/aromatic N) is 2. The Balaban J connectivity index is 1.86. The summed E-state index contributed by atoms with van der Waals surface area (Å²) in [6.45, 7) is 3.71. The molecule has 1 heterocycles. The van der Waals surface area contributed by atoms with Crippen LogP contribution in [0.3, 0.4) is 0 Å². The molecule has 2 atom stereocenters. The maximum atomic E-state index is 12.8. The Hall–Kier alpha value is -3.52. The van der Waals surface area contributed by atoms with Gasteiger partial charge in [-0.2, -0.15) is 0 Å². The average Bonchev–Trinajstić information content (AvgIpc) is 2.76. The van der Waals surface area contributed by atoms with Gasteiger partial charge in [0.05, 0.1) is 36.6 Å². The molecule has 0 saturated heterocycles. The maximum Gasteiger partial charge on any atom is 0.331 e. The van der Waals surface area contributed by atoms with Gasteiger partial charge in [0.15, 0.2) is 6.04 Å². The zero-order chi connectivity index (χ0) is 21.8. The molecule has 3 rings (SSSR count). The highest BCUT2D eigenvalue weighted by Crippen LogP contribution is 2.22. The van der Waals surface area contributed by atoms with Crippen LogP contribution in [0.2, 0.25) is 0 Å². The molecular weight excluding hydrogens is 386 g/mol. The number of aliphatic hydroxyl groups is 1. The number of benzene rings is 2. The molecule has 8 heteroatoms. The highest BCUT2D eigenvalue weighted by molar-refractivity contribution is 5.99. The number of aromatic nitrogens is 2. The van der Waals surface area contributed by atoms with Gasteiger partial charge < -0.3 is 19.9 Å². The van der Waals surface area contributed by atoms with Crippen molar-refractivity contribution in [3.8, 4) is 5.75 Å². The van der Waals surface area contributed by atoms with Crippen LogP contribution in [-0.4, -0.2) is 47.2 Å². The number of fused-ring (bicyclic) bond motifs is 1. The van der Waals surface area contributed by atoms with E-state index in [0.717, 1.165) is 11.4 Å². The Labute approximate surface area is 173 Å². The third kappa shape index (κ3) is 4.38. The first-order chi connectivity index (χ1) is 14.3. The molecular formula is C22H23N3O5. The fraction of sp³-hybridized carbons (Fsp3) is 0.273. The lowest BCUT2D eigenvalue weighted by Gasteiger charge is -2.22. The average molecular weight is 409 g/mol. The van der Waals surface area contributed by atoms with Crippen molar-refractivity contribution in [3.63, 3.8) is 0 Å². The fourth-order valence-electron chi connectivity index (χ4n) is 2.98. The van der Waals surface area contributed by atoms with E-state index in [1.54, 1.807) is 42.5 Å². The SMILES string of the molecule is COC(=O)C(NC(=O)c1ccc2nc(C)c(C)nc2c1)C(O)c1ccc(OC)cc1. The van der Waals surface area contributed by atoms with Gasteiger partial charge in [-0.1, -0.05) is 12.1 Å². The second-order valence-corrected chi connectivity index (χ2v) is 6.79. The summed E-state index contributed by atoms with van der Waals surface area (Å²) >= 11 is 0. The summed E-state index contributed by atoms with van der Waals surface area (Å²) < 4.78 is 9.87. The zero-order valence-corrected chi connectivity index (χ0v) is 17.2. The Morgan fingerprint density at radius 1 is 0.967 bits per heavy atom. The van der Waals surface area contributed by atoms with Crippen LogP contribution in [-0.2, 0) is 9.53 Å². The minimum absolute atomic E-state index is 0.288. The smallest absolute Gasteiger partial charge is 0.331 e. The largest absolute Gasteiger partial charge is 0.497 e. The number of carbonyl (C=O) groups is 2. The Morgan fingerprint density at radius 2 is 1.60 bits per heavy atom. The Kier molecular flexibility index (Phi) is 6.27. The van der Waals surface area contributed by atoms with Crippen molar-refractivity contribution in [1.29, 1.82) is 0 Å². The molecule has 0 aliphatic carbocycles. The molecule has 0 saturated carbocycles. The molecule has 8 nitrogen and oxygen atoms in total. The number of amides is 1. The van der Waals surface area contributed by atoms with Crippen molar-refractivity contribution in [2.24, 2.45) is 0 Å². The van der Waals surface area contributed by atoms with E-state index in [4.69, 9.17) is 9.47 Å². The van der Waals surface area contributed by atoms with Crippen LogP contribution in [0.4, 0.5) is 0 Å². The number of rotatable bonds is 6. The molecule has 2 N–H and O–H groups in total. The van der Waals surface area contributed by atoms with E-state index < -0.39 is 24.0 Å². The van der Waals surface area contributed by atoms with Gasteiger partial charge >= 0.3 is 5.97 Å². The quantitative estimate of drug-likeness (QED) is 0.601. The van der Waals surface area contributed by atoms with E-state index in [1.165, 1.54) is 14.2 Å². The van der Waals surface area contributed by atoms with E-state index in [-0.39, 0.29) is 5.56 Å². The van der Waals surface area contributed by atoms with Crippen molar-refractivity contribution in [3.05, 3.63) is 65.0 Å². The van der Waals surface area contributed by atoms with E-state index in [0.29, 0.717) is 22.3 Å². The lowest BCUT2D eigenvalue weighted by molar-refractivity contribution is -0.146. The third-order valence-electron chi connectivity index (χ3n) is 4.85. The first-order valence-electron chi connectivity index (χ1n) is 9.29. The minimum Gasteiger partial charge on any atom is -0.497 e. The van der Waals surface area contributed by atoms with Crippen LogP contribution in [0.15, 0.2) is 42.5 Å². The lowest BCUT2D eigenvalue weighted by atomic mass is 10.0. The first-order valence-corrected chi connectivity index (χ1v) is 9.29. The molecule has 1 amide bonds. The molecule has 30 heavy (non-hydrogen) atoms. The van der Waals surface area contributed by atoms with E-state index in [1.807, 2.05) is 13.8 Å². The van der Waals surface area contributed by atoms with Gasteiger partial charge in [-0.05, 0) is 49.7 Å². The summed E-state index contributed by atoms with van der Waals surface area (Å²) in [6.07, 6.45) is -1.31. The summed E-state index contributed by atoms with van der Waals surface area (Å²) in [6, 6.07) is 10.1. The van der Waals surface area contributed by atoms with Gasteiger partial charge in [-0.3, -0.25) is 4.79 Å². The first kappa shape index (κ1) is 21.2. The number of aryl methyl sites for hydroxylation is 2. The van der Waals surface area contributed by atoms with Gasteiger partial charge in [0.2, 0.25) is 0 Å². The van der Waals surface area contributed by atoms with Crippen LogP contribution in [0.25, 0.3) is 11.0 Å². The van der Waals surface area contributed by atoms with Crippen molar-refractivity contribution in [2.75, 3.05) is 14.2 Å². The van der Waals surface area contributed by atoms with Crippen molar-refractivity contribution in [1.82, 2.24) is 15.3 Å². The van der Waals surface area contributed by atoms with Crippen LogP contribution < -0.4 is 10.1 Å². The number of aliphatic hydroxyl groups excluding tert-OH is 1. The summed E-state index contributed by atoms with van der Waals surface area (Å²) in [5, 5.41) is 13.3. The normalized spacial score (nSPS) is 12.8. The van der Waals surface area contributed by atoms with E-state index in [9.17, 15) is 14.7 Å². The number of methoxy groups -OCH3 is 2. The molecule has 0 bridgehead atoms. The monoisotopic (exact) mass is 409 g/mol. The lowest BCUT2D eigenvalue weighted by Crippen LogP contribution is -2.45. The minimum atomic E-state index is -1.31. The summed E-state index contributed by atoms with van der Waals surface area (Å²) in [5.41, 5.74) is 3.53.